The van der Waals surface area contributed by atoms with E-state index in [2.05, 4.69) is 9.97 Å². The van der Waals surface area contributed by atoms with E-state index >= 15 is 0 Å². The van der Waals surface area contributed by atoms with E-state index in [9.17, 15) is 0 Å². The second kappa shape index (κ2) is 5.51. The molecule has 0 radical (unpaired) electrons. The van der Waals surface area contributed by atoms with Gasteiger partial charge in [0.15, 0.2) is 0 Å². The molecular weight excluding hydrogens is 180 g/mol. The Hall–Kier alpha value is -1.20. The van der Waals surface area contributed by atoms with Gasteiger partial charge in [-0.2, -0.15) is 0 Å². The molecule has 0 fully saturated rings. The Labute approximate surface area is 83.6 Å². The van der Waals surface area contributed by atoms with Crippen LogP contribution >= 0.6 is 0 Å². The highest BCUT2D eigenvalue weighted by atomic mass is 16.3. The predicted molar refractivity (Wildman–Crippen MR) is 54.9 cm³/mol. The molecule has 0 aliphatic rings. The molecule has 0 spiro atoms. The van der Waals surface area contributed by atoms with Crippen LogP contribution in [0.25, 0.3) is 0 Å². The van der Waals surface area contributed by atoms with Gasteiger partial charge in [-0.1, -0.05) is 0 Å². The zero-order valence-corrected chi connectivity index (χ0v) is 8.35. The molecule has 0 saturated carbocycles. The highest BCUT2D eigenvalue weighted by Gasteiger charge is 2.04. The minimum absolute atomic E-state index is 0.119. The molecule has 0 unspecified atom stereocenters. The quantitative estimate of drug-likeness (QED) is 0.679. The Bertz CT molecular complexity index is 262. The summed E-state index contributed by atoms with van der Waals surface area (Å²) in [5, 5.41) is 8.82. The average molecular weight is 196 g/mol. The lowest BCUT2D eigenvalue weighted by Crippen LogP contribution is -2.27. The van der Waals surface area contributed by atoms with E-state index in [4.69, 9.17) is 10.8 Å². The summed E-state index contributed by atoms with van der Waals surface area (Å²) in [7, 11) is 0. The number of aliphatic hydroxyl groups is 1. The van der Waals surface area contributed by atoms with Crippen LogP contribution in [-0.2, 0) is 6.54 Å². The number of hydrogen-bond acceptors (Lipinski definition) is 5. The van der Waals surface area contributed by atoms with Gasteiger partial charge in [-0.25, -0.2) is 4.98 Å². The third kappa shape index (κ3) is 2.65. The molecule has 14 heavy (non-hydrogen) atoms. The first-order chi connectivity index (χ1) is 6.81. The maximum atomic E-state index is 8.82. The van der Waals surface area contributed by atoms with Crippen molar-refractivity contribution in [3.8, 4) is 0 Å². The molecular formula is C9H16N4O. The zero-order valence-electron chi connectivity index (χ0n) is 8.35. The van der Waals surface area contributed by atoms with Gasteiger partial charge in [-0.3, -0.25) is 4.98 Å². The molecule has 3 N–H and O–H groups in total. The molecule has 1 heterocycles. The molecule has 1 rings (SSSR count). The maximum absolute atomic E-state index is 8.82. The first kappa shape index (κ1) is 10.9. The lowest BCUT2D eigenvalue weighted by Gasteiger charge is -2.20. The summed E-state index contributed by atoms with van der Waals surface area (Å²) in [6.45, 7) is 3.91. The fraction of sp³-hybridized carbons (Fsp3) is 0.556. The summed E-state index contributed by atoms with van der Waals surface area (Å²) in [5.74, 6) is 0.777. The number of nitrogens with zero attached hydrogens (tertiary/aromatic N) is 3. The number of aromatic nitrogens is 2. The standard InChI is InChI=1S/C9H16N4O/c1-2-13(3-4-14)9-7-11-8(5-10)6-12-9/h6-7,14H,2-5,10H2,1H3. The van der Waals surface area contributed by atoms with Crippen LogP contribution in [0.4, 0.5) is 5.82 Å². The Balaban J connectivity index is 2.73. The van der Waals surface area contributed by atoms with Crippen molar-refractivity contribution < 1.29 is 5.11 Å². The van der Waals surface area contributed by atoms with Gasteiger partial charge in [0.25, 0.3) is 0 Å². The predicted octanol–water partition coefficient (Wildman–Crippen LogP) is -0.246. The van der Waals surface area contributed by atoms with E-state index in [1.54, 1.807) is 12.4 Å². The number of nitrogens with two attached hydrogens (primary N) is 1. The minimum Gasteiger partial charge on any atom is -0.395 e. The van der Waals surface area contributed by atoms with Gasteiger partial charge in [0.1, 0.15) is 5.82 Å². The van der Waals surface area contributed by atoms with Crippen molar-refractivity contribution in [2.75, 3.05) is 24.6 Å². The van der Waals surface area contributed by atoms with Crippen molar-refractivity contribution in [3.05, 3.63) is 18.1 Å². The molecule has 5 nitrogen and oxygen atoms in total. The average Bonchev–Trinajstić information content (AvgIpc) is 2.26. The van der Waals surface area contributed by atoms with E-state index in [1.165, 1.54) is 0 Å². The topological polar surface area (TPSA) is 75.3 Å². The van der Waals surface area contributed by atoms with Crippen molar-refractivity contribution in [2.24, 2.45) is 5.73 Å². The molecule has 0 bridgehead atoms. The van der Waals surface area contributed by atoms with Gasteiger partial charge in [0, 0.05) is 19.6 Å². The second-order valence-corrected chi connectivity index (χ2v) is 2.87. The summed E-state index contributed by atoms with van der Waals surface area (Å²) in [4.78, 5) is 10.3. The highest BCUT2D eigenvalue weighted by Crippen LogP contribution is 2.07. The third-order valence-corrected chi connectivity index (χ3v) is 1.98. The molecule has 1 aromatic rings. The zero-order chi connectivity index (χ0) is 10.4. The van der Waals surface area contributed by atoms with Crippen molar-refractivity contribution >= 4 is 5.82 Å². The Morgan fingerprint density at radius 2 is 2.21 bits per heavy atom. The molecule has 0 atom stereocenters. The number of aliphatic hydroxyl groups excluding tert-OH is 1. The molecule has 5 heteroatoms. The van der Waals surface area contributed by atoms with E-state index < -0.39 is 0 Å². The summed E-state index contributed by atoms with van der Waals surface area (Å²) in [6.07, 6.45) is 3.34. The normalized spacial score (nSPS) is 10.2. The smallest absolute Gasteiger partial charge is 0.147 e. The van der Waals surface area contributed by atoms with Crippen LogP contribution in [0.2, 0.25) is 0 Å². The molecule has 78 valence electrons. The Morgan fingerprint density at radius 1 is 1.43 bits per heavy atom. The van der Waals surface area contributed by atoms with Crippen LogP contribution in [0.15, 0.2) is 12.4 Å². The first-order valence-electron chi connectivity index (χ1n) is 4.68. The van der Waals surface area contributed by atoms with Gasteiger partial charge in [-0.05, 0) is 6.92 Å². The van der Waals surface area contributed by atoms with E-state index in [1.807, 2.05) is 11.8 Å². The lowest BCUT2D eigenvalue weighted by molar-refractivity contribution is 0.302. The van der Waals surface area contributed by atoms with E-state index in [-0.39, 0.29) is 6.61 Å². The van der Waals surface area contributed by atoms with Crippen LogP contribution < -0.4 is 10.6 Å². The number of anilines is 1. The van der Waals surface area contributed by atoms with Crippen molar-refractivity contribution in [3.63, 3.8) is 0 Å². The van der Waals surface area contributed by atoms with Crippen LogP contribution in [0, 0.1) is 0 Å². The summed E-state index contributed by atoms with van der Waals surface area (Å²) >= 11 is 0. The van der Waals surface area contributed by atoms with Crippen LogP contribution in [0.1, 0.15) is 12.6 Å². The van der Waals surface area contributed by atoms with Gasteiger partial charge in [0.2, 0.25) is 0 Å². The maximum Gasteiger partial charge on any atom is 0.147 e. The summed E-state index contributed by atoms with van der Waals surface area (Å²) in [5.41, 5.74) is 6.18. The molecule has 0 amide bonds. The van der Waals surface area contributed by atoms with Crippen LogP contribution in [0.5, 0.6) is 0 Å². The van der Waals surface area contributed by atoms with Crippen molar-refractivity contribution in [1.29, 1.82) is 0 Å². The SMILES string of the molecule is CCN(CCO)c1cnc(CN)cn1. The summed E-state index contributed by atoms with van der Waals surface area (Å²) < 4.78 is 0. The number of rotatable bonds is 5. The molecule has 0 saturated heterocycles. The molecule has 1 aromatic heterocycles. The third-order valence-electron chi connectivity index (χ3n) is 1.98. The lowest BCUT2D eigenvalue weighted by atomic mass is 10.4. The number of likely N-dealkylation sites (N-methyl/N-ethyl adjacent to an activating group) is 1. The van der Waals surface area contributed by atoms with E-state index in [0.717, 1.165) is 18.1 Å². The van der Waals surface area contributed by atoms with Gasteiger partial charge in [0.05, 0.1) is 24.7 Å². The monoisotopic (exact) mass is 196 g/mol. The highest BCUT2D eigenvalue weighted by molar-refractivity contribution is 5.35. The number of hydrogen-bond donors (Lipinski definition) is 2. The second-order valence-electron chi connectivity index (χ2n) is 2.87. The molecule has 0 aliphatic carbocycles. The van der Waals surface area contributed by atoms with Gasteiger partial charge < -0.3 is 15.7 Å². The van der Waals surface area contributed by atoms with Gasteiger partial charge in [-0.15, -0.1) is 0 Å². The minimum atomic E-state index is 0.119. The van der Waals surface area contributed by atoms with Crippen LogP contribution in [0.3, 0.4) is 0 Å². The van der Waals surface area contributed by atoms with Crippen molar-refractivity contribution in [2.45, 2.75) is 13.5 Å². The first-order valence-corrected chi connectivity index (χ1v) is 4.68. The van der Waals surface area contributed by atoms with Crippen molar-refractivity contribution in [1.82, 2.24) is 9.97 Å². The summed E-state index contributed by atoms with van der Waals surface area (Å²) in [6, 6.07) is 0. The molecule has 0 aromatic carbocycles. The van der Waals surface area contributed by atoms with E-state index in [0.29, 0.717) is 13.1 Å². The Kier molecular flexibility index (Phi) is 4.28. The fourth-order valence-electron chi connectivity index (χ4n) is 1.17. The fourth-order valence-corrected chi connectivity index (χ4v) is 1.17. The molecule has 0 aliphatic heterocycles. The van der Waals surface area contributed by atoms with Crippen LogP contribution in [-0.4, -0.2) is 34.8 Å². The van der Waals surface area contributed by atoms with Gasteiger partial charge >= 0.3 is 0 Å². The Morgan fingerprint density at radius 3 is 2.64 bits per heavy atom. The largest absolute Gasteiger partial charge is 0.395 e.